The Kier molecular flexibility index (Phi) is 5.15. The molecule has 1 heterocycles. The van der Waals surface area contributed by atoms with Gasteiger partial charge in [0.1, 0.15) is 0 Å². The molecule has 0 spiro atoms. The molecule has 6 heteroatoms. The molecule has 2 unspecified atom stereocenters. The van der Waals surface area contributed by atoms with Gasteiger partial charge in [0.15, 0.2) is 0 Å². The molecule has 1 aromatic rings. The number of carbonyl (C=O) groups excluding carboxylic acids is 1. The molecule has 0 saturated carbocycles. The maximum Gasteiger partial charge on any atom is 0.315 e. The minimum Gasteiger partial charge on any atom is -0.390 e. The summed E-state index contributed by atoms with van der Waals surface area (Å²) in [5, 5.41) is 15.9. The van der Waals surface area contributed by atoms with Crippen molar-refractivity contribution in [3.05, 3.63) is 35.4 Å². The zero-order chi connectivity index (χ0) is 16.2. The van der Waals surface area contributed by atoms with Crippen molar-refractivity contribution in [1.29, 1.82) is 0 Å². The van der Waals surface area contributed by atoms with Crippen molar-refractivity contribution in [1.82, 2.24) is 21.5 Å². The topological polar surface area (TPSA) is 85.4 Å². The highest BCUT2D eigenvalue weighted by atomic mass is 16.3. The van der Waals surface area contributed by atoms with E-state index in [9.17, 15) is 9.90 Å². The Bertz CT molecular complexity index is 551. The van der Waals surface area contributed by atoms with E-state index in [0.29, 0.717) is 24.9 Å². The summed E-state index contributed by atoms with van der Waals surface area (Å²) in [7, 11) is 0. The summed E-state index contributed by atoms with van der Waals surface area (Å²) >= 11 is 0. The van der Waals surface area contributed by atoms with Gasteiger partial charge in [0.2, 0.25) is 0 Å². The first kappa shape index (κ1) is 16.2. The third-order valence-electron chi connectivity index (χ3n) is 4.93. The Balaban J connectivity index is 1.41. The molecule has 2 aliphatic rings. The van der Waals surface area contributed by atoms with Gasteiger partial charge in [0, 0.05) is 25.6 Å². The first-order chi connectivity index (χ1) is 11.1. The predicted molar refractivity (Wildman–Crippen MR) is 88.8 cm³/mol. The van der Waals surface area contributed by atoms with Gasteiger partial charge >= 0.3 is 6.03 Å². The number of hydrogen-bond donors (Lipinski definition) is 5. The van der Waals surface area contributed by atoms with Crippen LogP contribution in [0.2, 0.25) is 0 Å². The van der Waals surface area contributed by atoms with E-state index in [4.69, 9.17) is 0 Å². The van der Waals surface area contributed by atoms with Gasteiger partial charge in [0.05, 0.1) is 12.1 Å². The molecule has 1 aromatic carbocycles. The monoisotopic (exact) mass is 318 g/mol. The first-order valence-electron chi connectivity index (χ1n) is 8.44. The van der Waals surface area contributed by atoms with E-state index in [0.717, 1.165) is 30.5 Å². The minimum atomic E-state index is -0.547. The lowest BCUT2D eigenvalue weighted by atomic mass is 9.98. The fourth-order valence-corrected chi connectivity index (χ4v) is 3.50. The lowest BCUT2D eigenvalue weighted by Crippen LogP contribution is -2.41. The lowest BCUT2D eigenvalue weighted by molar-refractivity contribution is 0.142. The second-order valence-electron chi connectivity index (χ2n) is 6.56. The Morgan fingerprint density at radius 3 is 3.00 bits per heavy atom. The molecule has 5 N–H and O–H groups in total. The molecule has 4 atom stereocenters. The largest absolute Gasteiger partial charge is 0.390 e. The highest BCUT2D eigenvalue weighted by molar-refractivity contribution is 5.74. The van der Waals surface area contributed by atoms with Crippen molar-refractivity contribution in [2.24, 2.45) is 5.92 Å². The smallest absolute Gasteiger partial charge is 0.315 e. The average Bonchev–Trinajstić information content (AvgIpc) is 3.08. The van der Waals surface area contributed by atoms with Gasteiger partial charge in [-0.1, -0.05) is 24.3 Å². The molecule has 1 aliphatic heterocycles. The SMILES string of the molecule is CC1NNCC1CCCNC(=O)N[C@H]1c2ccccc2C[C@H]1O. The number of benzene rings is 1. The molecular formula is C17H26N4O2. The Morgan fingerprint density at radius 2 is 2.22 bits per heavy atom. The summed E-state index contributed by atoms with van der Waals surface area (Å²) in [4.78, 5) is 12.1. The fraction of sp³-hybridized carbons (Fsp3) is 0.588. The van der Waals surface area contributed by atoms with E-state index in [1.54, 1.807) is 0 Å². The molecule has 0 bridgehead atoms. The number of nitrogens with one attached hydrogen (secondary N) is 4. The van der Waals surface area contributed by atoms with Crippen LogP contribution in [0.3, 0.4) is 0 Å². The second kappa shape index (κ2) is 7.29. The molecule has 23 heavy (non-hydrogen) atoms. The van der Waals surface area contributed by atoms with E-state index in [-0.39, 0.29) is 12.1 Å². The van der Waals surface area contributed by atoms with Crippen LogP contribution in [-0.2, 0) is 6.42 Å². The number of rotatable bonds is 5. The predicted octanol–water partition coefficient (Wildman–Crippen LogP) is 0.837. The van der Waals surface area contributed by atoms with Crippen LogP contribution < -0.4 is 21.5 Å². The highest BCUT2D eigenvalue weighted by Gasteiger charge is 2.31. The number of urea groups is 1. The molecule has 6 nitrogen and oxygen atoms in total. The standard InChI is InChI=1S/C17H26N4O2/c1-11-13(10-19-21-11)6-4-8-18-17(23)20-16-14-7-3-2-5-12(14)9-15(16)22/h2-3,5,7,11,13,15-16,19,21-22H,4,6,8-10H2,1H3,(H2,18,20,23)/t11?,13?,15-,16+/m1/s1. The quantitative estimate of drug-likeness (QED) is 0.521. The average molecular weight is 318 g/mol. The number of aliphatic hydroxyl groups excluding tert-OH is 1. The zero-order valence-electron chi connectivity index (χ0n) is 13.5. The van der Waals surface area contributed by atoms with E-state index in [2.05, 4.69) is 28.4 Å². The van der Waals surface area contributed by atoms with Crippen molar-refractivity contribution in [3.8, 4) is 0 Å². The highest BCUT2D eigenvalue weighted by Crippen LogP contribution is 2.30. The van der Waals surface area contributed by atoms with Crippen molar-refractivity contribution >= 4 is 6.03 Å². The molecule has 126 valence electrons. The summed E-state index contributed by atoms with van der Waals surface area (Å²) in [6.07, 6.45) is 2.08. The van der Waals surface area contributed by atoms with Gasteiger partial charge in [-0.05, 0) is 36.8 Å². The maximum atomic E-state index is 12.1. The number of aliphatic hydroxyl groups is 1. The molecule has 0 radical (unpaired) electrons. The molecule has 1 aliphatic carbocycles. The normalized spacial score (nSPS) is 29.3. The first-order valence-corrected chi connectivity index (χ1v) is 8.44. The van der Waals surface area contributed by atoms with Crippen molar-refractivity contribution in [3.63, 3.8) is 0 Å². The second-order valence-corrected chi connectivity index (χ2v) is 6.56. The van der Waals surface area contributed by atoms with Gasteiger partial charge in [-0.25, -0.2) is 4.79 Å². The minimum absolute atomic E-state index is 0.207. The Labute approximate surface area is 137 Å². The fourth-order valence-electron chi connectivity index (χ4n) is 3.50. The number of fused-ring (bicyclic) bond motifs is 1. The van der Waals surface area contributed by atoms with Crippen molar-refractivity contribution in [2.45, 2.75) is 44.4 Å². The van der Waals surface area contributed by atoms with Crippen LogP contribution in [-0.4, -0.2) is 36.4 Å². The van der Waals surface area contributed by atoms with Gasteiger partial charge < -0.3 is 15.7 Å². The van der Waals surface area contributed by atoms with Crippen LogP contribution in [0, 0.1) is 5.92 Å². The van der Waals surface area contributed by atoms with E-state index >= 15 is 0 Å². The number of carbonyl (C=O) groups is 1. The third kappa shape index (κ3) is 3.83. The molecule has 1 saturated heterocycles. The third-order valence-corrected chi connectivity index (χ3v) is 4.93. The van der Waals surface area contributed by atoms with E-state index in [1.807, 2.05) is 24.3 Å². The van der Waals surface area contributed by atoms with Crippen LogP contribution in [0.1, 0.15) is 36.9 Å². The van der Waals surface area contributed by atoms with Crippen LogP contribution >= 0.6 is 0 Å². The van der Waals surface area contributed by atoms with Gasteiger partial charge in [-0.15, -0.1) is 0 Å². The van der Waals surface area contributed by atoms with Crippen LogP contribution in [0.4, 0.5) is 4.79 Å². The zero-order valence-corrected chi connectivity index (χ0v) is 13.5. The van der Waals surface area contributed by atoms with Gasteiger partial charge in [0.25, 0.3) is 0 Å². The summed E-state index contributed by atoms with van der Waals surface area (Å²) in [5.41, 5.74) is 8.49. The number of hydrogen-bond acceptors (Lipinski definition) is 4. The van der Waals surface area contributed by atoms with E-state index in [1.165, 1.54) is 0 Å². The van der Waals surface area contributed by atoms with Crippen molar-refractivity contribution in [2.75, 3.05) is 13.1 Å². The number of hydrazine groups is 1. The summed E-state index contributed by atoms with van der Waals surface area (Å²) < 4.78 is 0. The van der Waals surface area contributed by atoms with Gasteiger partial charge in [-0.2, -0.15) is 0 Å². The maximum absolute atomic E-state index is 12.1. The molecule has 2 amide bonds. The van der Waals surface area contributed by atoms with Crippen molar-refractivity contribution < 1.29 is 9.90 Å². The molecule has 3 rings (SSSR count). The summed E-state index contributed by atoms with van der Waals surface area (Å²) in [6.45, 7) is 3.81. The van der Waals surface area contributed by atoms with E-state index < -0.39 is 6.10 Å². The van der Waals surface area contributed by atoms with Crippen LogP contribution in [0.15, 0.2) is 24.3 Å². The van der Waals surface area contributed by atoms with Crippen LogP contribution in [0.25, 0.3) is 0 Å². The molecular weight excluding hydrogens is 292 g/mol. The number of amides is 2. The Hall–Kier alpha value is -1.63. The Morgan fingerprint density at radius 1 is 1.39 bits per heavy atom. The lowest BCUT2D eigenvalue weighted by Gasteiger charge is -2.19. The van der Waals surface area contributed by atoms with Gasteiger partial charge in [-0.3, -0.25) is 10.9 Å². The summed E-state index contributed by atoms with van der Waals surface area (Å²) in [5.74, 6) is 0.614. The molecule has 1 fully saturated rings. The van der Waals surface area contributed by atoms with Crippen LogP contribution in [0.5, 0.6) is 0 Å². The molecule has 0 aromatic heterocycles. The summed E-state index contributed by atoms with van der Waals surface area (Å²) in [6, 6.07) is 7.83.